The van der Waals surface area contributed by atoms with E-state index in [0.717, 1.165) is 19.3 Å². The number of rotatable bonds is 6. The molecule has 0 saturated carbocycles. The Morgan fingerprint density at radius 3 is 2.66 bits per heavy atom. The Labute approximate surface area is 175 Å². The number of ether oxygens (including phenoxy) is 1. The molecular weight excluding hydrogens is 392 g/mol. The number of hydrogen-bond acceptors (Lipinski definition) is 4. The Morgan fingerprint density at radius 1 is 1.21 bits per heavy atom. The molecule has 0 unspecified atom stereocenters. The molecule has 0 aliphatic carbocycles. The Morgan fingerprint density at radius 2 is 1.97 bits per heavy atom. The fourth-order valence-corrected chi connectivity index (χ4v) is 3.78. The number of likely N-dealkylation sites (tertiary alicyclic amines) is 1. The maximum Gasteiger partial charge on any atom is 0.256 e. The Hall–Kier alpha value is -2.57. The van der Waals surface area contributed by atoms with Gasteiger partial charge in [-0.15, -0.1) is 0 Å². The standard InChI is InChI=1S/C22H25ClN2O4/c1-29-18-8-5-15(6-9-18)21(27)24-20-10-7-16(23)14-19(20)22(28)25-12-3-2-4-17(25)11-13-26/h5-10,14,17,26H,2-4,11-13H2,1H3,(H,24,27)/t17-/m1/s1. The quantitative estimate of drug-likeness (QED) is 0.746. The highest BCUT2D eigenvalue weighted by molar-refractivity contribution is 6.31. The predicted octanol–water partition coefficient (Wildman–Crippen LogP) is 3.98. The van der Waals surface area contributed by atoms with Crippen LogP contribution in [0.4, 0.5) is 5.69 Å². The molecule has 2 aromatic rings. The minimum absolute atomic E-state index is 0.00892. The van der Waals surface area contributed by atoms with Crippen molar-refractivity contribution in [1.29, 1.82) is 0 Å². The largest absolute Gasteiger partial charge is 0.497 e. The van der Waals surface area contributed by atoms with E-state index >= 15 is 0 Å². The van der Waals surface area contributed by atoms with Crippen LogP contribution in [0.3, 0.4) is 0 Å². The van der Waals surface area contributed by atoms with Crippen LogP contribution in [-0.2, 0) is 0 Å². The van der Waals surface area contributed by atoms with Gasteiger partial charge in [0.2, 0.25) is 0 Å². The summed E-state index contributed by atoms with van der Waals surface area (Å²) >= 11 is 6.15. The van der Waals surface area contributed by atoms with Gasteiger partial charge >= 0.3 is 0 Å². The number of carbonyl (C=O) groups excluding carboxylic acids is 2. The minimum atomic E-state index is -0.324. The van der Waals surface area contributed by atoms with Crippen molar-refractivity contribution in [3.63, 3.8) is 0 Å². The summed E-state index contributed by atoms with van der Waals surface area (Å²) in [6.07, 6.45) is 3.35. The number of hydrogen-bond donors (Lipinski definition) is 2. The van der Waals surface area contributed by atoms with Crippen molar-refractivity contribution in [3.05, 3.63) is 58.6 Å². The van der Waals surface area contributed by atoms with Crippen LogP contribution in [0.15, 0.2) is 42.5 Å². The second-order valence-electron chi connectivity index (χ2n) is 7.03. The number of amides is 2. The summed E-state index contributed by atoms with van der Waals surface area (Å²) in [4.78, 5) is 27.7. The second-order valence-corrected chi connectivity index (χ2v) is 7.47. The van der Waals surface area contributed by atoms with Gasteiger partial charge in [0.1, 0.15) is 5.75 Å². The molecule has 29 heavy (non-hydrogen) atoms. The molecule has 1 fully saturated rings. The molecule has 3 rings (SSSR count). The first kappa shape index (κ1) is 21.1. The third-order valence-corrected chi connectivity index (χ3v) is 5.40. The van der Waals surface area contributed by atoms with E-state index in [1.165, 1.54) is 0 Å². The van der Waals surface area contributed by atoms with Gasteiger partial charge in [-0.2, -0.15) is 0 Å². The summed E-state index contributed by atoms with van der Waals surface area (Å²) in [6, 6.07) is 11.6. The lowest BCUT2D eigenvalue weighted by Gasteiger charge is -2.36. The van der Waals surface area contributed by atoms with E-state index in [1.807, 2.05) is 0 Å². The van der Waals surface area contributed by atoms with Crippen LogP contribution in [-0.4, -0.2) is 48.1 Å². The van der Waals surface area contributed by atoms with E-state index in [4.69, 9.17) is 16.3 Å². The maximum atomic E-state index is 13.3. The van der Waals surface area contributed by atoms with Crippen LogP contribution in [0, 0.1) is 0 Å². The number of aliphatic hydroxyl groups is 1. The highest BCUT2D eigenvalue weighted by Crippen LogP contribution is 2.27. The third-order valence-electron chi connectivity index (χ3n) is 5.16. The Balaban J connectivity index is 1.84. The topological polar surface area (TPSA) is 78.9 Å². The van der Waals surface area contributed by atoms with Crippen molar-refractivity contribution < 1.29 is 19.4 Å². The number of aliphatic hydroxyl groups excluding tert-OH is 1. The second kappa shape index (κ2) is 9.76. The van der Waals surface area contributed by atoms with Gasteiger partial charge in [0.25, 0.3) is 11.8 Å². The SMILES string of the molecule is COc1ccc(C(=O)Nc2ccc(Cl)cc2C(=O)N2CCCC[C@@H]2CCO)cc1. The summed E-state index contributed by atoms with van der Waals surface area (Å²) < 4.78 is 5.11. The average molecular weight is 417 g/mol. The lowest BCUT2D eigenvalue weighted by molar-refractivity contribution is 0.0575. The third kappa shape index (κ3) is 5.08. The van der Waals surface area contributed by atoms with Gasteiger partial charge in [-0.3, -0.25) is 9.59 Å². The van der Waals surface area contributed by atoms with Crippen LogP contribution in [0.2, 0.25) is 5.02 Å². The predicted molar refractivity (Wildman–Crippen MR) is 113 cm³/mol. The molecule has 2 amide bonds. The average Bonchev–Trinajstić information content (AvgIpc) is 2.75. The van der Waals surface area contributed by atoms with Gasteiger partial charge in [-0.25, -0.2) is 0 Å². The van der Waals surface area contributed by atoms with E-state index in [1.54, 1.807) is 54.5 Å². The molecule has 7 heteroatoms. The van der Waals surface area contributed by atoms with Crippen LogP contribution in [0.1, 0.15) is 46.4 Å². The minimum Gasteiger partial charge on any atom is -0.497 e. The maximum absolute atomic E-state index is 13.3. The van der Waals surface area contributed by atoms with Crippen molar-refractivity contribution in [3.8, 4) is 5.75 Å². The molecule has 1 atom stereocenters. The summed E-state index contributed by atoms with van der Waals surface area (Å²) in [5.41, 5.74) is 1.22. The zero-order chi connectivity index (χ0) is 20.8. The summed E-state index contributed by atoms with van der Waals surface area (Å²) in [5, 5.41) is 12.6. The van der Waals surface area contributed by atoms with Crippen LogP contribution in [0.5, 0.6) is 5.75 Å². The number of nitrogens with one attached hydrogen (secondary N) is 1. The van der Waals surface area contributed by atoms with Gasteiger partial charge < -0.3 is 20.1 Å². The van der Waals surface area contributed by atoms with Gasteiger partial charge in [0.05, 0.1) is 18.4 Å². The molecule has 1 saturated heterocycles. The zero-order valence-electron chi connectivity index (χ0n) is 16.4. The number of carbonyl (C=O) groups is 2. The van der Waals surface area contributed by atoms with Crippen LogP contribution >= 0.6 is 11.6 Å². The van der Waals surface area contributed by atoms with E-state index < -0.39 is 0 Å². The number of methoxy groups -OCH3 is 1. The van der Waals surface area contributed by atoms with Gasteiger partial charge in [-0.05, 0) is 68.1 Å². The summed E-state index contributed by atoms with van der Waals surface area (Å²) in [6.45, 7) is 0.660. The Bertz CT molecular complexity index is 868. The van der Waals surface area contributed by atoms with E-state index in [2.05, 4.69) is 5.32 Å². The van der Waals surface area contributed by atoms with Crippen molar-refractivity contribution >= 4 is 29.1 Å². The highest BCUT2D eigenvalue weighted by atomic mass is 35.5. The first-order valence-corrected chi connectivity index (χ1v) is 10.1. The number of piperidine rings is 1. The van der Waals surface area contributed by atoms with Gasteiger partial charge in [-0.1, -0.05) is 11.6 Å². The molecular formula is C22H25ClN2O4. The number of halogens is 1. The van der Waals surface area contributed by atoms with E-state index in [9.17, 15) is 14.7 Å². The molecule has 1 aliphatic rings. The monoisotopic (exact) mass is 416 g/mol. The number of nitrogens with zero attached hydrogens (tertiary/aromatic N) is 1. The fraction of sp³-hybridized carbons (Fsp3) is 0.364. The van der Waals surface area contributed by atoms with Crippen LogP contribution in [0.25, 0.3) is 0 Å². The van der Waals surface area contributed by atoms with E-state index in [0.29, 0.717) is 40.6 Å². The molecule has 0 spiro atoms. The molecule has 2 N–H and O–H groups in total. The van der Waals surface area contributed by atoms with Gasteiger partial charge in [0, 0.05) is 29.8 Å². The molecule has 1 aliphatic heterocycles. The number of benzene rings is 2. The fourth-order valence-electron chi connectivity index (χ4n) is 3.61. The van der Waals surface area contributed by atoms with Crippen LogP contribution < -0.4 is 10.1 Å². The van der Waals surface area contributed by atoms with Crippen molar-refractivity contribution in [2.75, 3.05) is 25.6 Å². The summed E-state index contributed by atoms with van der Waals surface area (Å²) in [5.74, 6) is 0.147. The zero-order valence-corrected chi connectivity index (χ0v) is 17.1. The highest BCUT2D eigenvalue weighted by Gasteiger charge is 2.29. The van der Waals surface area contributed by atoms with Gasteiger partial charge in [0.15, 0.2) is 0 Å². The molecule has 6 nitrogen and oxygen atoms in total. The molecule has 0 bridgehead atoms. The van der Waals surface area contributed by atoms with Crippen molar-refractivity contribution in [1.82, 2.24) is 4.90 Å². The molecule has 2 aromatic carbocycles. The lowest BCUT2D eigenvalue weighted by atomic mass is 9.98. The first-order chi connectivity index (χ1) is 14.0. The molecule has 0 aromatic heterocycles. The number of anilines is 1. The lowest BCUT2D eigenvalue weighted by Crippen LogP contribution is -2.44. The molecule has 154 valence electrons. The summed E-state index contributed by atoms with van der Waals surface area (Å²) in [7, 11) is 1.56. The smallest absolute Gasteiger partial charge is 0.256 e. The van der Waals surface area contributed by atoms with Crippen molar-refractivity contribution in [2.45, 2.75) is 31.7 Å². The Kier molecular flexibility index (Phi) is 7.12. The first-order valence-electron chi connectivity index (χ1n) is 9.70. The molecule has 1 heterocycles. The van der Waals surface area contributed by atoms with E-state index in [-0.39, 0.29) is 24.5 Å². The van der Waals surface area contributed by atoms with Crippen molar-refractivity contribution in [2.24, 2.45) is 0 Å². The normalized spacial score (nSPS) is 16.4. The molecule has 0 radical (unpaired) electrons.